The first-order valence-electron chi connectivity index (χ1n) is 2.53. The van der Waals surface area contributed by atoms with E-state index in [-0.39, 0.29) is 18.8 Å². The van der Waals surface area contributed by atoms with Crippen LogP contribution < -0.4 is 0 Å². The zero-order valence-corrected chi connectivity index (χ0v) is 4.30. The molecule has 8 heavy (non-hydrogen) atoms. The van der Waals surface area contributed by atoms with Gasteiger partial charge in [0.1, 0.15) is 0 Å². The van der Waals surface area contributed by atoms with Gasteiger partial charge in [0.2, 0.25) is 0 Å². The van der Waals surface area contributed by atoms with Gasteiger partial charge in [-0.05, 0) is 0 Å². The second-order valence-corrected chi connectivity index (χ2v) is 2.01. The van der Waals surface area contributed by atoms with E-state index in [9.17, 15) is 9.18 Å². The molecule has 0 bridgehead atoms. The van der Waals surface area contributed by atoms with Crippen LogP contribution in [0, 0.1) is 5.92 Å². The number of ketones is 1. The summed E-state index contributed by atoms with van der Waals surface area (Å²) >= 11 is 0. The molecule has 1 aliphatic rings. The van der Waals surface area contributed by atoms with Crippen LogP contribution in [0.1, 0.15) is 6.42 Å². The van der Waals surface area contributed by atoms with Crippen molar-refractivity contribution in [2.45, 2.75) is 12.6 Å². The van der Waals surface area contributed by atoms with Crippen molar-refractivity contribution in [1.29, 1.82) is 0 Å². The summed E-state index contributed by atoms with van der Waals surface area (Å²) < 4.78 is 12.1. The molecule has 3 heteroatoms. The fraction of sp³-hybridized carbons (Fsp3) is 0.800. The summed E-state index contributed by atoms with van der Waals surface area (Å²) in [7, 11) is 0. The molecule has 0 heterocycles. The Kier molecular flexibility index (Phi) is 1.29. The molecule has 0 aromatic rings. The van der Waals surface area contributed by atoms with Gasteiger partial charge in [-0.1, -0.05) is 0 Å². The van der Waals surface area contributed by atoms with Gasteiger partial charge in [-0.15, -0.1) is 0 Å². The standard InChI is InChI=1S/C5H7FO2/c6-5-3(2-7)1-4(5)8/h3,5,7H,1-2H2/t3-,5+/m1/s1. The predicted molar refractivity (Wildman–Crippen MR) is 25.1 cm³/mol. The highest BCUT2D eigenvalue weighted by Gasteiger charge is 2.39. The van der Waals surface area contributed by atoms with Crippen LogP contribution in [0.25, 0.3) is 0 Å². The maximum absolute atomic E-state index is 12.1. The molecule has 0 amide bonds. The van der Waals surface area contributed by atoms with E-state index in [0.717, 1.165) is 0 Å². The minimum Gasteiger partial charge on any atom is -0.396 e. The van der Waals surface area contributed by atoms with E-state index in [1.165, 1.54) is 0 Å². The highest BCUT2D eigenvalue weighted by molar-refractivity contribution is 5.89. The SMILES string of the molecule is O=C1C[C@H](CO)[C@@H]1F. The van der Waals surface area contributed by atoms with Gasteiger partial charge in [0.05, 0.1) is 0 Å². The van der Waals surface area contributed by atoms with Gasteiger partial charge in [0.25, 0.3) is 0 Å². The number of aliphatic hydroxyl groups is 1. The second-order valence-electron chi connectivity index (χ2n) is 2.01. The van der Waals surface area contributed by atoms with Crippen LogP contribution in [-0.2, 0) is 4.79 Å². The number of hydrogen-bond acceptors (Lipinski definition) is 2. The van der Waals surface area contributed by atoms with Gasteiger partial charge in [-0.2, -0.15) is 0 Å². The summed E-state index contributed by atoms with van der Waals surface area (Å²) in [5.41, 5.74) is 0. The quantitative estimate of drug-likeness (QED) is 0.522. The topological polar surface area (TPSA) is 37.3 Å². The molecule has 2 atom stereocenters. The molecule has 46 valence electrons. The highest BCUT2D eigenvalue weighted by atomic mass is 19.1. The molecule has 1 fully saturated rings. The van der Waals surface area contributed by atoms with Crippen molar-refractivity contribution in [1.82, 2.24) is 0 Å². The molecule has 0 radical (unpaired) electrons. The van der Waals surface area contributed by atoms with E-state index in [4.69, 9.17) is 5.11 Å². The number of halogens is 1. The van der Waals surface area contributed by atoms with Crippen LogP contribution in [0.4, 0.5) is 4.39 Å². The minimum atomic E-state index is -1.38. The lowest BCUT2D eigenvalue weighted by molar-refractivity contribution is -0.137. The van der Waals surface area contributed by atoms with Gasteiger partial charge in [-0.3, -0.25) is 4.79 Å². The minimum absolute atomic E-state index is 0.201. The van der Waals surface area contributed by atoms with Crippen LogP contribution in [0.2, 0.25) is 0 Å². The number of rotatable bonds is 1. The average Bonchev–Trinajstić information content (AvgIpc) is 1.81. The van der Waals surface area contributed by atoms with Crippen molar-refractivity contribution in [3.05, 3.63) is 0 Å². The lowest BCUT2D eigenvalue weighted by atomic mass is 9.83. The van der Waals surface area contributed by atoms with Gasteiger partial charge in [0, 0.05) is 18.9 Å². The second kappa shape index (κ2) is 1.82. The smallest absolute Gasteiger partial charge is 0.167 e. The fourth-order valence-corrected chi connectivity index (χ4v) is 0.734. The van der Waals surface area contributed by atoms with Crippen LogP contribution in [0.15, 0.2) is 0 Å². The molecule has 0 spiro atoms. The van der Waals surface area contributed by atoms with Crippen molar-refractivity contribution in [2.75, 3.05) is 6.61 Å². The van der Waals surface area contributed by atoms with E-state index >= 15 is 0 Å². The van der Waals surface area contributed by atoms with Gasteiger partial charge in [-0.25, -0.2) is 4.39 Å². The Bertz CT molecular complexity index is 113. The predicted octanol–water partition coefficient (Wildman–Crippen LogP) is -0.0942. The Hall–Kier alpha value is -0.440. The Labute approximate surface area is 46.3 Å². The summed E-state index contributed by atoms with van der Waals surface area (Å²) in [6, 6.07) is 0. The number of Topliss-reactive ketones (excluding diaryl/α,β-unsaturated/α-hetero) is 1. The zero-order valence-electron chi connectivity index (χ0n) is 4.30. The molecule has 1 N–H and O–H groups in total. The number of alkyl halides is 1. The number of carbonyl (C=O) groups excluding carboxylic acids is 1. The molecule has 1 aliphatic carbocycles. The molecule has 1 saturated carbocycles. The summed E-state index contributed by atoms with van der Waals surface area (Å²) in [5, 5.41) is 8.28. The highest BCUT2D eigenvalue weighted by Crippen LogP contribution is 2.25. The first-order valence-corrected chi connectivity index (χ1v) is 2.53. The molecule has 0 saturated heterocycles. The maximum atomic E-state index is 12.1. The van der Waals surface area contributed by atoms with E-state index in [1.807, 2.05) is 0 Å². The lowest BCUT2D eigenvalue weighted by Gasteiger charge is -2.26. The van der Waals surface area contributed by atoms with Crippen LogP contribution in [-0.4, -0.2) is 23.7 Å². The van der Waals surface area contributed by atoms with Crippen molar-refractivity contribution in [3.63, 3.8) is 0 Å². The number of aliphatic hydroxyl groups excluding tert-OH is 1. The first-order chi connectivity index (χ1) is 3.75. The molecule has 1 rings (SSSR count). The van der Waals surface area contributed by atoms with Crippen molar-refractivity contribution in [2.24, 2.45) is 5.92 Å². The van der Waals surface area contributed by atoms with Crippen LogP contribution >= 0.6 is 0 Å². The zero-order chi connectivity index (χ0) is 6.15. The Morgan fingerprint density at radius 1 is 1.88 bits per heavy atom. The summed E-state index contributed by atoms with van der Waals surface area (Å²) in [6.07, 6.45) is -1.16. The Morgan fingerprint density at radius 2 is 2.50 bits per heavy atom. The molecule has 0 aromatic heterocycles. The van der Waals surface area contributed by atoms with Crippen LogP contribution in [0.3, 0.4) is 0 Å². The Balaban J connectivity index is 2.35. The third-order valence-corrected chi connectivity index (χ3v) is 1.42. The van der Waals surface area contributed by atoms with Gasteiger partial charge >= 0.3 is 0 Å². The van der Waals surface area contributed by atoms with E-state index in [0.29, 0.717) is 0 Å². The van der Waals surface area contributed by atoms with Crippen molar-refractivity contribution in [3.8, 4) is 0 Å². The molecule has 0 aromatic carbocycles. The number of hydrogen-bond donors (Lipinski definition) is 1. The molecular weight excluding hydrogens is 111 g/mol. The Morgan fingerprint density at radius 3 is 2.62 bits per heavy atom. The van der Waals surface area contributed by atoms with E-state index in [2.05, 4.69) is 0 Å². The van der Waals surface area contributed by atoms with Gasteiger partial charge < -0.3 is 5.11 Å². The van der Waals surface area contributed by atoms with E-state index in [1.54, 1.807) is 0 Å². The molecule has 2 nitrogen and oxygen atoms in total. The summed E-state index contributed by atoms with van der Waals surface area (Å²) in [5.74, 6) is -0.772. The molecule has 0 unspecified atom stereocenters. The van der Waals surface area contributed by atoms with Gasteiger partial charge in [0.15, 0.2) is 12.0 Å². The lowest BCUT2D eigenvalue weighted by Crippen LogP contribution is -2.41. The fourth-order valence-electron chi connectivity index (χ4n) is 0.734. The summed E-state index contributed by atoms with van der Waals surface area (Å²) in [6.45, 7) is -0.201. The largest absolute Gasteiger partial charge is 0.396 e. The number of carbonyl (C=O) groups is 1. The van der Waals surface area contributed by atoms with Crippen molar-refractivity contribution < 1.29 is 14.3 Å². The van der Waals surface area contributed by atoms with Crippen molar-refractivity contribution >= 4 is 5.78 Å². The third-order valence-electron chi connectivity index (χ3n) is 1.42. The third kappa shape index (κ3) is 0.629. The average molecular weight is 118 g/mol. The molecular formula is C5H7FO2. The summed E-state index contributed by atoms with van der Waals surface area (Å²) in [4.78, 5) is 10.1. The first kappa shape index (κ1) is 5.69. The van der Waals surface area contributed by atoms with Crippen LogP contribution in [0.5, 0.6) is 0 Å². The maximum Gasteiger partial charge on any atom is 0.167 e. The normalized spacial score (nSPS) is 37.0. The molecule has 0 aliphatic heterocycles. The van der Waals surface area contributed by atoms with E-state index < -0.39 is 12.1 Å². The monoisotopic (exact) mass is 118 g/mol.